The van der Waals surface area contributed by atoms with Crippen molar-refractivity contribution in [3.8, 4) is 0 Å². The van der Waals surface area contributed by atoms with Gasteiger partial charge in [-0.1, -0.05) is 12.2 Å². The van der Waals surface area contributed by atoms with Gasteiger partial charge in [-0.2, -0.15) is 0 Å². The zero-order valence-electron chi connectivity index (χ0n) is 6.58. The SMILES string of the molecule is C/C=C/CCn1cc[nH]c1=O. The molecule has 0 aliphatic rings. The lowest BCUT2D eigenvalue weighted by Crippen LogP contribution is -2.15. The second-order valence-corrected chi connectivity index (χ2v) is 2.32. The second kappa shape index (κ2) is 3.81. The number of nitrogens with one attached hydrogen (secondary N) is 1. The van der Waals surface area contributed by atoms with Crippen molar-refractivity contribution >= 4 is 0 Å². The van der Waals surface area contributed by atoms with E-state index in [2.05, 4.69) is 4.98 Å². The summed E-state index contributed by atoms with van der Waals surface area (Å²) in [5.41, 5.74) is -0.0329. The van der Waals surface area contributed by atoms with Crippen LogP contribution in [0.2, 0.25) is 0 Å². The van der Waals surface area contributed by atoms with Crippen LogP contribution < -0.4 is 5.69 Å². The van der Waals surface area contributed by atoms with Crippen LogP contribution in [0.5, 0.6) is 0 Å². The Balaban J connectivity index is 2.51. The molecular weight excluding hydrogens is 140 g/mol. The molecule has 0 fully saturated rings. The monoisotopic (exact) mass is 152 g/mol. The Morgan fingerprint density at radius 2 is 2.55 bits per heavy atom. The van der Waals surface area contributed by atoms with E-state index < -0.39 is 0 Å². The number of hydrogen-bond acceptors (Lipinski definition) is 1. The summed E-state index contributed by atoms with van der Waals surface area (Å²) >= 11 is 0. The lowest BCUT2D eigenvalue weighted by molar-refractivity contribution is 0.683. The summed E-state index contributed by atoms with van der Waals surface area (Å²) in [6, 6.07) is 0. The molecule has 0 aromatic carbocycles. The van der Waals surface area contributed by atoms with Crippen LogP contribution in [0.3, 0.4) is 0 Å². The molecule has 0 aliphatic heterocycles. The number of imidazole rings is 1. The van der Waals surface area contributed by atoms with Gasteiger partial charge in [-0.25, -0.2) is 4.79 Å². The van der Waals surface area contributed by atoms with E-state index in [0.717, 1.165) is 13.0 Å². The molecule has 0 unspecified atom stereocenters. The predicted octanol–water partition coefficient (Wildman–Crippen LogP) is 1.14. The minimum Gasteiger partial charge on any atom is -0.313 e. The van der Waals surface area contributed by atoms with Crippen LogP contribution >= 0.6 is 0 Å². The molecule has 1 rings (SSSR count). The molecule has 0 amide bonds. The highest BCUT2D eigenvalue weighted by atomic mass is 16.1. The maximum atomic E-state index is 10.9. The zero-order valence-corrected chi connectivity index (χ0v) is 6.58. The first-order valence-corrected chi connectivity index (χ1v) is 3.69. The molecule has 3 heteroatoms. The largest absolute Gasteiger partial charge is 0.325 e. The first-order chi connectivity index (χ1) is 5.34. The number of allylic oxidation sites excluding steroid dienone is 2. The first kappa shape index (κ1) is 7.85. The van der Waals surface area contributed by atoms with Gasteiger partial charge in [-0.05, 0) is 13.3 Å². The van der Waals surface area contributed by atoms with Gasteiger partial charge in [0.25, 0.3) is 0 Å². The fraction of sp³-hybridized carbons (Fsp3) is 0.375. The summed E-state index contributed by atoms with van der Waals surface area (Å²) < 4.78 is 1.65. The van der Waals surface area contributed by atoms with Crippen molar-refractivity contribution in [2.45, 2.75) is 19.9 Å². The standard InChI is InChI=1S/C8H12N2O/c1-2-3-4-6-10-7-5-9-8(10)11/h2-3,5,7H,4,6H2,1H3,(H,9,11)/b3-2+. The summed E-state index contributed by atoms with van der Waals surface area (Å²) in [4.78, 5) is 13.5. The fourth-order valence-electron chi connectivity index (χ4n) is 0.906. The van der Waals surface area contributed by atoms with Gasteiger partial charge in [-0.3, -0.25) is 4.57 Å². The predicted molar refractivity (Wildman–Crippen MR) is 44.5 cm³/mol. The minimum absolute atomic E-state index is 0.0329. The highest BCUT2D eigenvalue weighted by Crippen LogP contribution is 1.87. The van der Waals surface area contributed by atoms with Crippen LogP contribution in [0, 0.1) is 0 Å². The number of H-pyrrole nitrogens is 1. The van der Waals surface area contributed by atoms with E-state index in [9.17, 15) is 4.79 Å². The van der Waals surface area contributed by atoms with E-state index >= 15 is 0 Å². The Hall–Kier alpha value is -1.25. The molecule has 1 aromatic heterocycles. The molecule has 1 N–H and O–H groups in total. The highest BCUT2D eigenvalue weighted by Gasteiger charge is 1.91. The van der Waals surface area contributed by atoms with Gasteiger partial charge in [-0.15, -0.1) is 0 Å². The van der Waals surface area contributed by atoms with Crippen molar-refractivity contribution in [2.75, 3.05) is 0 Å². The number of aromatic amines is 1. The summed E-state index contributed by atoms with van der Waals surface area (Å²) in [7, 11) is 0. The lowest BCUT2D eigenvalue weighted by atomic mass is 10.4. The third-order valence-electron chi connectivity index (χ3n) is 1.49. The number of hydrogen-bond donors (Lipinski definition) is 1. The Kier molecular flexibility index (Phi) is 2.72. The lowest BCUT2D eigenvalue weighted by Gasteiger charge is -1.94. The quantitative estimate of drug-likeness (QED) is 0.648. The summed E-state index contributed by atoms with van der Waals surface area (Å²) in [5, 5.41) is 0. The summed E-state index contributed by atoms with van der Waals surface area (Å²) in [6.07, 6.45) is 8.34. The average Bonchev–Trinajstić information content (AvgIpc) is 2.37. The van der Waals surface area contributed by atoms with Gasteiger partial charge in [0.2, 0.25) is 0 Å². The number of rotatable bonds is 3. The molecule has 1 heterocycles. The molecule has 60 valence electrons. The van der Waals surface area contributed by atoms with Crippen LogP contribution in [0.15, 0.2) is 29.3 Å². The van der Waals surface area contributed by atoms with Crippen molar-refractivity contribution < 1.29 is 0 Å². The van der Waals surface area contributed by atoms with Gasteiger partial charge in [0.05, 0.1) is 0 Å². The average molecular weight is 152 g/mol. The third-order valence-corrected chi connectivity index (χ3v) is 1.49. The molecule has 0 bridgehead atoms. The highest BCUT2D eigenvalue weighted by molar-refractivity contribution is 4.80. The molecule has 0 aliphatic carbocycles. The number of aryl methyl sites for hydroxylation is 1. The normalized spacial score (nSPS) is 11.0. The van der Waals surface area contributed by atoms with Gasteiger partial charge >= 0.3 is 5.69 Å². The number of nitrogens with zero attached hydrogens (tertiary/aromatic N) is 1. The zero-order chi connectivity index (χ0) is 8.10. The second-order valence-electron chi connectivity index (χ2n) is 2.32. The maximum absolute atomic E-state index is 10.9. The van der Waals surface area contributed by atoms with E-state index in [-0.39, 0.29) is 5.69 Å². The van der Waals surface area contributed by atoms with E-state index in [4.69, 9.17) is 0 Å². The molecule has 3 nitrogen and oxygen atoms in total. The topological polar surface area (TPSA) is 37.8 Å². The molecular formula is C8H12N2O. The van der Waals surface area contributed by atoms with Crippen molar-refractivity contribution in [1.82, 2.24) is 9.55 Å². The van der Waals surface area contributed by atoms with Gasteiger partial charge in [0.15, 0.2) is 0 Å². The van der Waals surface area contributed by atoms with Crippen LogP contribution in [-0.2, 0) is 6.54 Å². The number of aromatic nitrogens is 2. The smallest absolute Gasteiger partial charge is 0.313 e. The van der Waals surface area contributed by atoms with Gasteiger partial charge in [0.1, 0.15) is 0 Å². The molecule has 0 saturated heterocycles. The van der Waals surface area contributed by atoms with Crippen LogP contribution in [0.25, 0.3) is 0 Å². The Morgan fingerprint density at radius 3 is 3.09 bits per heavy atom. The van der Waals surface area contributed by atoms with E-state index in [1.54, 1.807) is 17.0 Å². The molecule has 0 spiro atoms. The Labute approximate surface area is 65.4 Å². The molecule has 11 heavy (non-hydrogen) atoms. The van der Waals surface area contributed by atoms with E-state index in [1.807, 2.05) is 19.1 Å². The molecule has 0 radical (unpaired) electrons. The molecule has 1 aromatic rings. The van der Waals surface area contributed by atoms with Crippen molar-refractivity contribution in [3.63, 3.8) is 0 Å². The van der Waals surface area contributed by atoms with Gasteiger partial charge < -0.3 is 4.98 Å². The maximum Gasteiger partial charge on any atom is 0.325 e. The van der Waals surface area contributed by atoms with Crippen molar-refractivity contribution in [1.29, 1.82) is 0 Å². The fourth-order valence-corrected chi connectivity index (χ4v) is 0.906. The van der Waals surface area contributed by atoms with E-state index in [1.165, 1.54) is 0 Å². The van der Waals surface area contributed by atoms with E-state index in [0.29, 0.717) is 0 Å². The third kappa shape index (κ3) is 2.11. The van der Waals surface area contributed by atoms with Crippen LogP contribution in [0.1, 0.15) is 13.3 Å². The van der Waals surface area contributed by atoms with Crippen molar-refractivity contribution in [3.05, 3.63) is 35.0 Å². The molecule has 0 atom stereocenters. The van der Waals surface area contributed by atoms with Gasteiger partial charge in [0, 0.05) is 18.9 Å². The first-order valence-electron chi connectivity index (χ1n) is 3.69. The summed E-state index contributed by atoms with van der Waals surface area (Å²) in [6.45, 7) is 2.73. The Morgan fingerprint density at radius 1 is 1.73 bits per heavy atom. The van der Waals surface area contributed by atoms with Crippen LogP contribution in [-0.4, -0.2) is 9.55 Å². The summed E-state index contributed by atoms with van der Waals surface area (Å²) in [5.74, 6) is 0. The Bertz CT molecular complexity index is 282. The molecule has 0 saturated carbocycles. The van der Waals surface area contributed by atoms with Crippen LogP contribution in [0.4, 0.5) is 0 Å². The van der Waals surface area contributed by atoms with Crippen molar-refractivity contribution in [2.24, 2.45) is 0 Å². The minimum atomic E-state index is -0.0329.